The lowest BCUT2D eigenvalue weighted by Crippen LogP contribution is -2.64. The molecule has 0 aliphatic carbocycles. The summed E-state index contributed by atoms with van der Waals surface area (Å²) in [7, 11) is -6.12. The number of likely N-dealkylation sites (N-methyl/N-ethyl adjacent to an activating group) is 1. The monoisotopic (exact) mass is 1090 g/mol. The molecule has 0 radical (unpaired) electrons. The molecule has 6 heterocycles. The first-order valence-electron chi connectivity index (χ1n) is 26.0. The topological polar surface area (TPSA) is 158 Å². The van der Waals surface area contributed by atoms with Crippen LogP contribution in [0.15, 0.2) is 94.4 Å². The number of sulfonamides is 1. The van der Waals surface area contributed by atoms with Gasteiger partial charge in [-0.15, -0.1) is 22.7 Å². The van der Waals surface area contributed by atoms with Crippen LogP contribution in [0.2, 0.25) is 36.3 Å². The van der Waals surface area contributed by atoms with Crippen LogP contribution in [0.1, 0.15) is 101 Å². The second-order valence-electron chi connectivity index (χ2n) is 23.7. The van der Waals surface area contributed by atoms with Crippen LogP contribution in [-0.2, 0) is 45.4 Å². The highest BCUT2D eigenvalue weighted by Gasteiger charge is 2.72. The number of carbonyl (C=O) groups excluding carboxylic acids is 1. The third kappa shape index (κ3) is 12.2. The zero-order valence-electron chi connectivity index (χ0n) is 44.7. The lowest BCUT2D eigenvalue weighted by Gasteiger charge is -2.49. The van der Waals surface area contributed by atoms with Gasteiger partial charge < -0.3 is 37.8 Å². The number of hydrogen-bond donors (Lipinski definition) is 3. The number of ether oxygens (including phenoxy) is 3. The van der Waals surface area contributed by atoms with Crippen molar-refractivity contribution in [3.05, 3.63) is 121 Å². The van der Waals surface area contributed by atoms with E-state index in [1.165, 1.54) is 22.7 Å². The van der Waals surface area contributed by atoms with Gasteiger partial charge in [-0.1, -0.05) is 96.5 Å². The van der Waals surface area contributed by atoms with Gasteiger partial charge in [0.05, 0.1) is 35.0 Å². The number of nitrogens with one attached hydrogen (secondary N) is 3. The maximum Gasteiger partial charge on any atom is 0.348 e. The molecule has 0 saturated carbocycles. The molecule has 3 saturated heterocycles. The van der Waals surface area contributed by atoms with E-state index in [1.54, 1.807) is 6.07 Å². The molecule has 13 nitrogen and oxygen atoms in total. The standard InChI is InChI=1S/C55H78N4O9S3Si2/c1-53(2,3)72(8,9)67-45(40-24-26-44(49-41(40)25-27-48(60)58-49)64-37-38-20-14-12-15-21-38)36-56-28-16-13-17-29-57-71(62,63)33-30-59(7)42-34-39(35-43(59)51-50(42)66-51)65-52(61)55(46-22-18-31-69-46,47-23-19-32-70-47)68-73(10,11)54(4,5)6/h12,14-15,18-27,31-32,39,42-43,45,50-51,56-57H,13,16-17,28-30,33-37H2,1-11H3/p+1/t39?,42?,43?,45-,50?,51?,59?/m0/s1. The number of pyridine rings is 1. The molecular formula is C55H79N4O9S3Si2+. The zero-order chi connectivity index (χ0) is 52.6. The number of aromatic amines is 1. The Morgan fingerprint density at radius 3 is 2.05 bits per heavy atom. The van der Waals surface area contributed by atoms with Crippen LogP contribution in [0.5, 0.6) is 5.75 Å². The average Bonchev–Trinajstić information content (AvgIpc) is 3.58. The van der Waals surface area contributed by atoms with Crippen molar-refractivity contribution in [3.8, 4) is 5.75 Å². The van der Waals surface area contributed by atoms with E-state index in [4.69, 9.17) is 23.1 Å². The molecule has 0 amide bonds. The number of carbonyl (C=O) groups is 1. The average molecular weight is 1090 g/mol. The van der Waals surface area contributed by atoms with Crippen LogP contribution in [0.4, 0.5) is 0 Å². The van der Waals surface area contributed by atoms with Crippen LogP contribution < -0.4 is 20.3 Å². The van der Waals surface area contributed by atoms with E-state index in [-0.39, 0.29) is 63.9 Å². The summed E-state index contributed by atoms with van der Waals surface area (Å²) in [5.74, 6) is 0.249. The first kappa shape index (κ1) is 55.7. The van der Waals surface area contributed by atoms with Crippen LogP contribution in [-0.4, -0.2) is 110 Å². The minimum atomic E-state index is -3.54. The molecule has 5 atom stereocenters. The summed E-state index contributed by atoms with van der Waals surface area (Å²) in [5.41, 5.74) is 1.11. The van der Waals surface area contributed by atoms with Crippen molar-refractivity contribution in [1.82, 2.24) is 15.0 Å². The van der Waals surface area contributed by atoms with Crippen LogP contribution in [0, 0.1) is 0 Å². The molecule has 2 aromatic carbocycles. The molecule has 3 aliphatic heterocycles. The molecule has 3 aliphatic rings. The van der Waals surface area contributed by atoms with E-state index >= 15 is 0 Å². The number of quaternary nitrogens is 1. The molecule has 3 aromatic heterocycles. The molecule has 73 heavy (non-hydrogen) atoms. The van der Waals surface area contributed by atoms with Gasteiger partial charge in [0.25, 0.3) is 0 Å². The van der Waals surface area contributed by atoms with Gasteiger partial charge >= 0.3 is 5.97 Å². The fourth-order valence-electron chi connectivity index (χ4n) is 10.2. The van der Waals surface area contributed by atoms with E-state index in [0.29, 0.717) is 61.3 Å². The summed E-state index contributed by atoms with van der Waals surface area (Å²) >= 11 is 3.03. The molecule has 18 heteroatoms. The maximum absolute atomic E-state index is 14.9. The largest absolute Gasteiger partial charge is 0.487 e. The van der Waals surface area contributed by atoms with Crippen molar-refractivity contribution >= 4 is 66.2 Å². The van der Waals surface area contributed by atoms with Crippen LogP contribution in [0.25, 0.3) is 10.9 Å². The number of fused-ring (bicyclic) bond motifs is 6. The normalized spacial score (nSPS) is 22.8. The van der Waals surface area contributed by atoms with E-state index in [9.17, 15) is 18.0 Å². The Labute approximate surface area is 443 Å². The van der Waals surface area contributed by atoms with E-state index in [1.807, 2.05) is 77.5 Å². The van der Waals surface area contributed by atoms with E-state index in [2.05, 4.69) is 95.9 Å². The summed E-state index contributed by atoms with van der Waals surface area (Å²) in [4.78, 5) is 32.2. The molecule has 8 rings (SSSR count). The highest BCUT2D eigenvalue weighted by Crippen LogP contribution is 2.54. The van der Waals surface area contributed by atoms with Crippen LogP contribution in [0.3, 0.4) is 0 Å². The van der Waals surface area contributed by atoms with Gasteiger partial charge in [0.15, 0.2) is 16.6 Å². The molecule has 2 bridgehead atoms. The van der Waals surface area contributed by atoms with Crippen LogP contribution >= 0.6 is 22.7 Å². The van der Waals surface area contributed by atoms with Crippen molar-refractivity contribution < 1.29 is 40.8 Å². The second-order valence-corrected chi connectivity index (χ2v) is 37.0. The second kappa shape index (κ2) is 21.8. The summed E-state index contributed by atoms with van der Waals surface area (Å²) in [6, 6.07) is 25.3. The quantitative estimate of drug-likeness (QED) is 0.0179. The number of H-pyrrole nitrogens is 1. The lowest BCUT2D eigenvalue weighted by atomic mass is 9.94. The lowest BCUT2D eigenvalue weighted by molar-refractivity contribution is -0.953. The first-order chi connectivity index (χ1) is 34.4. The molecule has 3 fully saturated rings. The van der Waals surface area contributed by atoms with Gasteiger partial charge in [-0.3, -0.25) is 4.79 Å². The summed E-state index contributed by atoms with van der Waals surface area (Å²) in [6.07, 6.45) is 3.09. The Morgan fingerprint density at radius 2 is 1.45 bits per heavy atom. The third-order valence-electron chi connectivity index (χ3n) is 16.6. The van der Waals surface area contributed by atoms with E-state index in [0.717, 1.165) is 45.7 Å². The highest BCUT2D eigenvalue weighted by atomic mass is 32.2. The number of esters is 1. The van der Waals surface area contributed by atoms with Crippen molar-refractivity contribution in [2.24, 2.45) is 0 Å². The summed E-state index contributed by atoms with van der Waals surface area (Å²) < 4.78 is 63.9. The van der Waals surface area contributed by atoms with Crippen molar-refractivity contribution in [3.63, 3.8) is 0 Å². The fraction of sp³-hybridized carbons (Fsp3) is 0.564. The summed E-state index contributed by atoms with van der Waals surface area (Å²) in [5, 5.41) is 8.33. The number of hydrogen-bond acceptors (Lipinski definition) is 12. The van der Waals surface area contributed by atoms with E-state index < -0.39 is 32.3 Å². The third-order valence-corrected chi connectivity index (χ3v) is 28.8. The van der Waals surface area contributed by atoms with Gasteiger partial charge in [-0.05, 0) is 102 Å². The van der Waals surface area contributed by atoms with Gasteiger partial charge in [0, 0.05) is 37.4 Å². The van der Waals surface area contributed by atoms with Gasteiger partial charge in [-0.2, -0.15) is 0 Å². The number of aromatic nitrogens is 1. The predicted octanol–water partition coefficient (Wildman–Crippen LogP) is 10.6. The molecule has 398 valence electrons. The Balaban J connectivity index is 0.833. The molecule has 3 N–H and O–H groups in total. The molecule has 4 unspecified atom stereocenters. The number of thiophene rings is 2. The number of rotatable bonds is 24. The fourth-order valence-corrected chi connectivity index (χ4v) is 16.0. The number of unbranched alkanes of at least 4 members (excludes halogenated alkanes) is 2. The SMILES string of the molecule is CC(C)(C)[Si](C)(C)O[C@@H](CNCCCCCNS(=O)(=O)CC[N+]1(C)C2CC(OC(=O)C(O[Si](C)(C)C(C)(C)C)(c3cccs3)c3cccs3)CC1C1OC12)c1ccc(OCc2ccccc2)c2[nH]c(=O)ccc12. The van der Waals surface area contributed by atoms with Gasteiger partial charge in [-0.25, -0.2) is 17.9 Å². The minimum absolute atomic E-state index is 0.0144. The number of piperidine rings is 1. The zero-order valence-corrected chi connectivity index (χ0v) is 49.2. The van der Waals surface area contributed by atoms with Gasteiger partial charge in [0.2, 0.25) is 21.2 Å². The molecule has 0 spiro atoms. The number of morpholine rings is 1. The molecule has 5 aromatic rings. The Bertz CT molecular complexity index is 2780. The van der Waals surface area contributed by atoms with Crippen molar-refractivity contribution in [2.45, 2.75) is 159 Å². The smallest absolute Gasteiger partial charge is 0.348 e. The minimum Gasteiger partial charge on any atom is -0.487 e. The molecular weight excluding hydrogens is 1010 g/mol. The van der Waals surface area contributed by atoms with Crippen molar-refractivity contribution in [2.75, 3.05) is 39.0 Å². The number of nitrogens with zero attached hydrogens (tertiary/aromatic N) is 1. The maximum atomic E-state index is 14.9. The number of benzene rings is 2. The Kier molecular flexibility index (Phi) is 16.7. The Hall–Kier alpha value is -3.54. The van der Waals surface area contributed by atoms with Gasteiger partial charge in [0.1, 0.15) is 48.5 Å². The van der Waals surface area contributed by atoms with Crippen molar-refractivity contribution in [1.29, 1.82) is 0 Å². The Morgan fingerprint density at radius 1 is 0.822 bits per heavy atom. The highest BCUT2D eigenvalue weighted by molar-refractivity contribution is 7.89. The first-order valence-corrected chi connectivity index (χ1v) is 35.3. The summed E-state index contributed by atoms with van der Waals surface area (Å²) in [6.45, 7) is 24.6. The number of epoxide rings is 1. The predicted molar refractivity (Wildman–Crippen MR) is 299 cm³/mol.